The van der Waals surface area contributed by atoms with Crippen LogP contribution in [0.1, 0.15) is 36.8 Å². The fraction of sp³-hybridized carbons (Fsp3) is 0.429. The second-order valence-electron chi connectivity index (χ2n) is 8.24. The molecule has 0 amide bonds. The summed E-state index contributed by atoms with van der Waals surface area (Å²) in [6.45, 7) is 4.23. The first kappa shape index (κ1) is 30.1. The van der Waals surface area contributed by atoms with Gasteiger partial charge in [-0.15, -0.1) is 24.8 Å². The zero-order valence-electron chi connectivity index (χ0n) is 20.5. The highest BCUT2D eigenvalue weighted by Crippen LogP contribution is 2.27. The fourth-order valence-electron chi connectivity index (χ4n) is 4.11. The summed E-state index contributed by atoms with van der Waals surface area (Å²) in [5.74, 6) is 1.59. The minimum absolute atomic E-state index is 0. The number of fused-ring (bicyclic) bond motifs is 1. The van der Waals surface area contributed by atoms with Gasteiger partial charge in [0, 0.05) is 0 Å². The van der Waals surface area contributed by atoms with E-state index in [0.717, 1.165) is 50.5 Å². The zero-order valence-corrected chi connectivity index (χ0v) is 22.1. The van der Waals surface area contributed by atoms with E-state index in [9.17, 15) is 0 Å². The topological polar surface area (TPSA) is 42.5 Å². The van der Waals surface area contributed by atoms with E-state index in [2.05, 4.69) is 65.2 Å². The van der Waals surface area contributed by atoms with Crippen LogP contribution in [0.5, 0.6) is 11.5 Å². The molecular formula is C28H40Cl2N2O2. The number of hydrogen-bond donors (Lipinski definition) is 2. The van der Waals surface area contributed by atoms with Crippen LogP contribution in [0.4, 0.5) is 0 Å². The van der Waals surface area contributed by atoms with Crippen molar-refractivity contribution < 1.29 is 9.47 Å². The highest BCUT2D eigenvalue weighted by molar-refractivity contribution is 5.86. The first-order chi connectivity index (χ1) is 15.8. The van der Waals surface area contributed by atoms with Gasteiger partial charge < -0.3 is 20.1 Å². The van der Waals surface area contributed by atoms with Gasteiger partial charge in [0.2, 0.25) is 0 Å². The highest BCUT2D eigenvalue weighted by Gasteiger charge is 2.04. The molecule has 0 saturated carbocycles. The summed E-state index contributed by atoms with van der Waals surface area (Å²) in [6.07, 6.45) is 7.16. The van der Waals surface area contributed by atoms with Crippen molar-refractivity contribution in [3.63, 3.8) is 0 Å². The lowest BCUT2D eigenvalue weighted by molar-refractivity contribution is 0.354. The average Bonchev–Trinajstić information content (AvgIpc) is 2.84. The normalized spacial score (nSPS) is 10.4. The van der Waals surface area contributed by atoms with Crippen molar-refractivity contribution in [2.24, 2.45) is 0 Å². The number of halogens is 2. The molecule has 3 aromatic rings. The van der Waals surface area contributed by atoms with E-state index in [4.69, 9.17) is 9.47 Å². The van der Waals surface area contributed by atoms with Crippen molar-refractivity contribution in [2.75, 3.05) is 40.4 Å². The molecule has 0 unspecified atom stereocenters. The lowest BCUT2D eigenvalue weighted by Gasteiger charge is -2.10. The van der Waals surface area contributed by atoms with Gasteiger partial charge >= 0.3 is 0 Å². The van der Waals surface area contributed by atoms with Crippen molar-refractivity contribution in [1.82, 2.24) is 10.6 Å². The summed E-state index contributed by atoms with van der Waals surface area (Å²) in [6, 6.07) is 21.4. The Labute approximate surface area is 217 Å². The smallest absolute Gasteiger partial charge is 0.160 e. The van der Waals surface area contributed by atoms with Crippen LogP contribution in [-0.4, -0.2) is 40.4 Å². The largest absolute Gasteiger partial charge is 0.493 e. The second-order valence-corrected chi connectivity index (χ2v) is 8.24. The van der Waals surface area contributed by atoms with Crippen molar-refractivity contribution in [3.05, 3.63) is 71.8 Å². The quantitative estimate of drug-likeness (QED) is 0.240. The molecule has 0 aromatic heterocycles. The van der Waals surface area contributed by atoms with Crippen LogP contribution in [0.15, 0.2) is 60.7 Å². The predicted molar refractivity (Wildman–Crippen MR) is 150 cm³/mol. The Balaban J connectivity index is 0.00000289. The maximum absolute atomic E-state index is 5.37. The SMILES string of the molecule is COc1ccc(CCNCCCCCCNCCc2cccc3ccccc23)cc1OC.Cl.Cl. The molecule has 0 radical (unpaired) electrons. The van der Waals surface area contributed by atoms with Gasteiger partial charge in [-0.25, -0.2) is 0 Å². The number of methoxy groups -OCH3 is 2. The standard InChI is InChI=1S/C28H38N2O2.2ClH/c1-31-27-15-14-23(22-28(27)32-2)16-20-29-18-7-3-4-8-19-30-21-17-25-12-9-11-24-10-5-6-13-26(24)25;;/h5-6,9-15,22,29-30H,3-4,7-8,16-21H2,1-2H3;2*1H. The second kappa shape index (κ2) is 17.5. The average molecular weight is 508 g/mol. The number of unbranched alkanes of at least 4 members (excludes halogenated alkanes) is 3. The van der Waals surface area contributed by atoms with Crippen molar-refractivity contribution in [2.45, 2.75) is 38.5 Å². The molecule has 0 saturated heterocycles. The van der Waals surface area contributed by atoms with Crippen LogP contribution in [0, 0.1) is 0 Å². The van der Waals surface area contributed by atoms with Crippen LogP contribution in [0.2, 0.25) is 0 Å². The van der Waals surface area contributed by atoms with Crippen LogP contribution in [-0.2, 0) is 12.8 Å². The number of nitrogens with one attached hydrogen (secondary N) is 2. The lowest BCUT2D eigenvalue weighted by atomic mass is 10.0. The Morgan fingerprint density at radius 2 is 1.26 bits per heavy atom. The Kier molecular flexibility index (Phi) is 15.4. The summed E-state index contributed by atoms with van der Waals surface area (Å²) in [4.78, 5) is 0. The van der Waals surface area contributed by atoms with Crippen LogP contribution >= 0.6 is 24.8 Å². The van der Waals surface area contributed by atoms with Gasteiger partial charge in [-0.2, -0.15) is 0 Å². The number of hydrogen-bond acceptors (Lipinski definition) is 4. The summed E-state index contributed by atoms with van der Waals surface area (Å²) in [5.41, 5.74) is 2.71. The molecule has 188 valence electrons. The summed E-state index contributed by atoms with van der Waals surface area (Å²) in [7, 11) is 3.35. The van der Waals surface area contributed by atoms with E-state index in [1.165, 1.54) is 47.6 Å². The number of ether oxygens (including phenoxy) is 2. The van der Waals surface area contributed by atoms with Gasteiger partial charge in [0.05, 0.1) is 14.2 Å². The molecule has 0 aliphatic heterocycles. The fourth-order valence-corrected chi connectivity index (χ4v) is 4.11. The van der Waals surface area contributed by atoms with E-state index in [1.807, 2.05) is 6.07 Å². The molecular weight excluding hydrogens is 467 g/mol. The molecule has 0 spiro atoms. The molecule has 3 rings (SSSR count). The summed E-state index contributed by atoms with van der Waals surface area (Å²) < 4.78 is 10.7. The highest BCUT2D eigenvalue weighted by atomic mass is 35.5. The van der Waals surface area contributed by atoms with Gasteiger partial charge in [-0.3, -0.25) is 0 Å². The third-order valence-electron chi connectivity index (χ3n) is 5.95. The van der Waals surface area contributed by atoms with Crippen molar-refractivity contribution in [1.29, 1.82) is 0 Å². The lowest BCUT2D eigenvalue weighted by Crippen LogP contribution is -2.19. The first-order valence-electron chi connectivity index (χ1n) is 11.9. The third-order valence-corrected chi connectivity index (χ3v) is 5.95. The zero-order chi connectivity index (χ0) is 22.4. The van der Waals surface area contributed by atoms with E-state index >= 15 is 0 Å². The maximum atomic E-state index is 5.37. The molecule has 0 atom stereocenters. The predicted octanol–water partition coefficient (Wildman–Crippen LogP) is 6.23. The number of rotatable bonds is 15. The minimum atomic E-state index is 0. The minimum Gasteiger partial charge on any atom is -0.493 e. The molecule has 0 aliphatic rings. The van der Waals surface area contributed by atoms with E-state index < -0.39 is 0 Å². The van der Waals surface area contributed by atoms with Crippen molar-refractivity contribution in [3.8, 4) is 11.5 Å². The molecule has 4 nitrogen and oxygen atoms in total. The van der Waals surface area contributed by atoms with E-state index in [0.29, 0.717) is 0 Å². The van der Waals surface area contributed by atoms with Crippen LogP contribution < -0.4 is 20.1 Å². The molecule has 0 bridgehead atoms. The van der Waals surface area contributed by atoms with Gasteiger partial charge in [0.25, 0.3) is 0 Å². The van der Waals surface area contributed by atoms with E-state index in [-0.39, 0.29) is 24.8 Å². The van der Waals surface area contributed by atoms with Gasteiger partial charge in [-0.05, 0) is 85.9 Å². The molecule has 0 fully saturated rings. The Hall–Kier alpha value is -1.98. The number of benzene rings is 3. The maximum Gasteiger partial charge on any atom is 0.160 e. The third kappa shape index (κ3) is 9.71. The molecule has 3 aromatic carbocycles. The summed E-state index contributed by atoms with van der Waals surface area (Å²) >= 11 is 0. The van der Waals surface area contributed by atoms with Gasteiger partial charge in [-0.1, -0.05) is 61.4 Å². The molecule has 6 heteroatoms. The van der Waals surface area contributed by atoms with Crippen LogP contribution in [0.25, 0.3) is 10.8 Å². The van der Waals surface area contributed by atoms with Gasteiger partial charge in [0.1, 0.15) is 0 Å². The van der Waals surface area contributed by atoms with Gasteiger partial charge in [0.15, 0.2) is 11.5 Å². The van der Waals surface area contributed by atoms with E-state index in [1.54, 1.807) is 14.2 Å². The Bertz CT molecular complexity index is 947. The molecule has 0 aliphatic carbocycles. The molecule has 0 heterocycles. The molecule has 2 N–H and O–H groups in total. The Morgan fingerprint density at radius 3 is 1.97 bits per heavy atom. The van der Waals surface area contributed by atoms with Crippen molar-refractivity contribution >= 4 is 35.6 Å². The molecule has 34 heavy (non-hydrogen) atoms. The summed E-state index contributed by atoms with van der Waals surface area (Å²) in [5, 5.41) is 9.89. The Morgan fingerprint density at radius 1 is 0.618 bits per heavy atom. The monoisotopic (exact) mass is 506 g/mol. The van der Waals surface area contributed by atoms with Crippen LogP contribution in [0.3, 0.4) is 0 Å². The first-order valence-corrected chi connectivity index (χ1v) is 11.9.